The lowest BCUT2D eigenvalue weighted by Gasteiger charge is -2.20. The summed E-state index contributed by atoms with van der Waals surface area (Å²) in [4.78, 5) is 0. The van der Waals surface area contributed by atoms with E-state index in [1.807, 2.05) is 0 Å². The van der Waals surface area contributed by atoms with Gasteiger partial charge in [0.15, 0.2) is 0 Å². The molecular weight excluding hydrogens is 110 g/mol. The summed E-state index contributed by atoms with van der Waals surface area (Å²) in [6.45, 7) is 3.63. The van der Waals surface area contributed by atoms with Crippen molar-refractivity contribution in [2.24, 2.45) is 11.8 Å². The van der Waals surface area contributed by atoms with Gasteiger partial charge in [-0.2, -0.15) is 0 Å². The number of hydrogen-bond acceptors (Lipinski definition) is 1. The number of hydrogen-bond donors (Lipinski definition) is 1. The third-order valence-electron chi connectivity index (χ3n) is 3.03. The van der Waals surface area contributed by atoms with Crippen molar-refractivity contribution in [2.45, 2.75) is 32.2 Å². The van der Waals surface area contributed by atoms with Crippen molar-refractivity contribution in [1.82, 2.24) is 5.32 Å². The monoisotopic (exact) mass is 125 g/mol. The van der Waals surface area contributed by atoms with Gasteiger partial charge in [0.1, 0.15) is 0 Å². The molecule has 3 atom stereocenters. The molecule has 0 aromatic carbocycles. The summed E-state index contributed by atoms with van der Waals surface area (Å²) in [5, 5.41) is 3.52. The average Bonchev–Trinajstić information content (AvgIpc) is 2.45. The van der Waals surface area contributed by atoms with Crippen molar-refractivity contribution < 1.29 is 0 Å². The molecule has 1 heterocycles. The third-order valence-corrected chi connectivity index (χ3v) is 3.03. The van der Waals surface area contributed by atoms with Crippen LogP contribution >= 0.6 is 0 Å². The summed E-state index contributed by atoms with van der Waals surface area (Å²) in [5.74, 6) is 2.11. The Morgan fingerprint density at radius 3 is 2.67 bits per heavy atom. The molecule has 1 aliphatic heterocycles. The first-order chi connectivity index (χ1) is 4.40. The largest absolute Gasteiger partial charge is 0.314 e. The standard InChI is InChI=1S/C8H15N/c1-2-6-3-8-4-7(6)5-9-8/h6-9H,2-5H2,1H3/t6-,7-,8+/m0/s1. The summed E-state index contributed by atoms with van der Waals surface area (Å²) >= 11 is 0. The van der Waals surface area contributed by atoms with E-state index in [1.54, 1.807) is 0 Å². The maximum atomic E-state index is 3.52. The topological polar surface area (TPSA) is 12.0 Å². The Kier molecular flexibility index (Phi) is 1.26. The lowest BCUT2D eigenvalue weighted by Crippen LogP contribution is -2.29. The Balaban J connectivity index is 2.01. The minimum absolute atomic E-state index is 0.903. The van der Waals surface area contributed by atoms with Gasteiger partial charge in [0.2, 0.25) is 0 Å². The first-order valence-electron chi connectivity index (χ1n) is 4.13. The highest BCUT2D eigenvalue weighted by Crippen LogP contribution is 2.37. The van der Waals surface area contributed by atoms with Crippen LogP contribution in [0.15, 0.2) is 0 Å². The minimum Gasteiger partial charge on any atom is -0.314 e. The van der Waals surface area contributed by atoms with E-state index in [4.69, 9.17) is 0 Å². The highest BCUT2D eigenvalue weighted by molar-refractivity contribution is 4.94. The van der Waals surface area contributed by atoms with Crippen LogP contribution in [0, 0.1) is 11.8 Å². The fourth-order valence-electron chi connectivity index (χ4n) is 2.45. The second-order valence-corrected chi connectivity index (χ2v) is 3.50. The molecule has 1 saturated heterocycles. The first-order valence-corrected chi connectivity index (χ1v) is 4.13. The lowest BCUT2D eigenvalue weighted by atomic mass is 9.93. The molecule has 1 N–H and O–H groups in total. The van der Waals surface area contributed by atoms with Crippen LogP contribution in [0.4, 0.5) is 0 Å². The molecule has 2 rings (SSSR count). The zero-order valence-electron chi connectivity index (χ0n) is 6.06. The van der Waals surface area contributed by atoms with E-state index in [1.165, 1.54) is 25.8 Å². The third kappa shape index (κ3) is 0.787. The van der Waals surface area contributed by atoms with Gasteiger partial charge in [0.05, 0.1) is 0 Å². The van der Waals surface area contributed by atoms with E-state index in [9.17, 15) is 0 Å². The molecule has 9 heavy (non-hydrogen) atoms. The maximum absolute atomic E-state index is 3.52. The van der Waals surface area contributed by atoms with Gasteiger partial charge in [-0.3, -0.25) is 0 Å². The van der Waals surface area contributed by atoms with Crippen LogP contribution in [-0.2, 0) is 0 Å². The van der Waals surface area contributed by atoms with Crippen molar-refractivity contribution in [3.05, 3.63) is 0 Å². The van der Waals surface area contributed by atoms with E-state index in [0.717, 1.165) is 17.9 Å². The van der Waals surface area contributed by atoms with Gasteiger partial charge in [-0.1, -0.05) is 13.3 Å². The molecule has 2 fully saturated rings. The predicted octanol–water partition coefficient (Wildman–Crippen LogP) is 1.39. The fourth-order valence-corrected chi connectivity index (χ4v) is 2.45. The van der Waals surface area contributed by atoms with Gasteiger partial charge >= 0.3 is 0 Å². The molecule has 2 bridgehead atoms. The summed E-state index contributed by atoms with van der Waals surface area (Å²) in [6, 6.07) is 0.903. The fraction of sp³-hybridized carbons (Fsp3) is 1.00. The minimum atomic E-state index is 0.903. The van der Waals surface area contributed by atoms with Gasteiger partial charge in [-0.05, 0) is 31.2 Å². The highest BCUT2D eigenvalue weighted by atomic mass is 15.0. The van der Waals surface area contributed by atoms with E-state index in [0.29, 0.717) is 0 Å². The molecule has 1 heteroatoms. The van der Waals surface area contributed by atoms with Crippen LogP contribution in [0.2, 0.25) is 0 Å². The number of nitrogens with one attached hydrogen (secondary N) is 1. The second kappa shape index (κ2) is 1.98. The second-order valence-electron chi connectivity index (χ2n) is 3.50. The number of fused-ring (bicyclic) bond motifs is 2. The summed E-state index contributed by atoms with van der Waals surface area (Å²) in [5.41, 5.74) is 0. The zero-order valence-corrected chi connectivity index (χ0v) is 6.06. The van der Waals surface area contributed by atoms with Gasteiger partial charge < -0.3 is 5.32 Å². The van der Waals surface area contributed by atoms with Gasteiger partial charge in [0.25, 0.3) is 0 Å². The van der Waals surface area contributed by atoms with E-state index in [2.05, 4.69) is 12.2 Å². The van der Waals surface area contributed by atoms with Crippen molar-refractivity contribution in [3.8, 4) is 0 Å². The van der Waals surface area contributed by atoms with Crippen molar-refractivity contribution in [3.63, 3.8) is 0 Å². The zero-order chi connectivity index (χ0) is 6.27. The number of piperidine rings is 1. The van der Waals surface area contributed by atoms with Crippen molar-refractivity contribution in [2.75, 3.05) is 6.54 Å². The van der Waals surface area contributed by atoms with E-state index >= 15 is 0 Å². The van der Waals surface area contributed by atoms with Crippen LogP contribution in [0.25, 0.3) is 0 Å². The molecule has 1 aliphatic carbocycles. The summed E-state index contributed by atoms with van der Waals surface area (Å²) in [7, 11) is 0. The highest BCUT2D eigenvalue weighted by Gasteiger charge is 2.37. The lowest BCUT2D eigenvalue weighted by molar-refractivity contribution is 0.342. The quantitative estimate of drug-likeness (QED) is 0.558. The molecular formula is C8H15N. The number of rotatable bonds is 1. The summed E-state index contributed by atoms with van der Waals surface area (Å²) < 4.78 is 0. The summed E-state index contributed by atoms with van der Waals surface area (Å²) in [6.07, 6.45) is 4.34. The molecule has 0 spiro atoms. The van der Waals surface area contributed by atoms with Crippen LogP contribution in [-0.4, -0.2) is 12.6 Å². The predicted molar refractivity (Wildman–Crippen MR) is 38.3 cm³/mol. The Morgan fingerprint density at radius 2 is 2.33 bits per heavy atom. The smallest absolute Gasteiger partial charge is 0.00731 e. The maximum Gasteiger partial charge on any atom is 0.00731 e. The SMILES string of the molecule is CC[C@H]1C[C@@H]2C[C@H]1CN2. The van der Waals surface area contributed by atoms with Crippen LogP contribution in [0.1, 0.15) is 26.2 Å². The van der Waals surface area contributed by atoms with Gasteiger partial charge in [-0.15, -0.1) is 0 Å². The Hall–Kier alpha value is -0.0400. The molecule has 1 saturated carbocycles. The van der Waals surface area contributed by atoms with Crippen molar-refractivity contribution in [1.29, 1.82) is 0 Å². The van der Waals surface area contributed by atoms with Crippen LogP contribution in [0.3, 0.4) is 0 Å². The van der Waals surface area contributed by atoms with Crippen molar-refractivity contribution >= 4 is 0 Å². The molecule has 1 nitrogen and oxygen atoms in total. The first kappa shape index (κ1) is 5.72. The molecule has 0 aromatic heterocycles. The molecule has 52 valence electrons. The Bertz CT molecular complexity index is 111. The normalized spacial score (nSPS) is 48.3. The molecule has 0 amide bonds. The van der Waals surface area contributed by atoms with E-state index < -0.39 is 0 Å². The molecule has 0 radical (unpaired) electrons. The Labute approximate surface area is 56.8 Å². The Morgan fingerprint density at radius 1 is 1.44 bits per heavy atom. The van der Waals surface area contributed by atoms with Gasteiger partial charge in [0, 0.05) is 6.04 Å². The van der Waals surface area contributed by atoms with Crippen LogP contribution in [0.5, 0.6) is 0 Å². The molecule has 0 aromatic rings. The average molecular weight is 125 g/mol. The molecule has 2 aliphatic rings. The van der Waals surface area contributed by atoms with Gasteiger partial charge in [-0.25, -0.2) is 0 Å². The van der Waals surface area contributed by atoms with E-state index in [-0.39, 0.29) is 0 Å². The molecule has 0 unspecified atom stereocenters. The van der Waals surface area contributed by atoms with Crippen LogP contribution < -0.4 is 5.32 Å².